The fourth-order valence-corrected chi connectivity index (χ4v) is 3.72. The van der Waals surface area contributed by atoms with Crippen LogP contribution in [0.2, 0.25) is 0 Å². The van der Waals surface area contributed by atoms with E-state index in [1.54, 1.807) is 11.7 Å². The standard InChI is InChI=1S/C12H17BrN2OS/c1-9-3-2-4-12(5-9,7-13)15-11(16)10-6-14-8-17-10/h6,8-9H,2-5,7H2,1H3,(H,15,16). The van der Waals surface area contributed by atoms with Gasteiger partial charge in [-0.2, -0.15) is 0 Å². The molecular weight excluding hydrogens is 300 g/mol. The van der Waals surface area contributed by atoms with Crippen molar-refractivity contribution in [2.24, 2.45) is 5.92 Å². The second-order valence-electron chi connectivity index (χ2n) is 4.94. The Bertz CT molecular complexity index is 382. The van der Waals surface area contributed by atoms with Gasteiger partial charge in [-0.05, 0) is 18.8 Å². The fraction of sp³-hybridized carbons (Fsp3) is 0.667. The smallest absolute Gasteiger partial charge is 0.263 e. The van der Waals surface area contributed by atoms with Gasteiger partial charge in [0.1, 0.15) is 4.88 Å². The predicted molar refractivity (Wildman–Crippen MR) is 73.7 cm³/mol. The first kappa shape index (κ1) is 13.0. The number of thiazole rings is 1. The summed E-state index contributed by atoms with van der Waals surface area (Å²) in [4.78, 5) is 16.7. The lowest BCUT2D eigenvalue weighted by Gasteiger charge is -2.39. The van der Waals surface area contributed by atoms with Crippen molar-refractivity contribution >= 4 is 33.2 Å². The first-order chi connectivity index (χ1) is 8.15. The zero-order valence-electron chi connectivity index (χ0n) is 9.91. The number of hydrogen-bond acceptors (Lipinski definition) is 3. The van der Waals surface area contributed by atoms with Gasteiger partial charge in [0, 0.05) is 5.33 Å². The van der Waals surface area contributed by atoms with Gasteiger partial charge in [0.15, 0.2) is 0 Å². The molecule has 1 aliphatic rings. The number of nitrogens with one attached hydrogen (secondary N) is 1. The lowest BCUT2D eigenvalue weighted by molar-refractivity contribution is 0.0873. The first-order valence-corrected chi connectivity index (χ1v) is 7.92. The van der Waals surface area contributed by atoms with Crippen LogP contribution >= 0.6 is 27.3 Å². The van der Waals surface area contributed by atoms with Crippen molar-refractivity contribution in [3.8, 4) is 0 Å². The van der Waals surface area contributed by atoms with Crippen LogP contribution in [0.25, 0.3) is 0 Å². The lowest BCUT2D eigenvalue weighted by atomic mass is 9.77. The third-order valence-electron chi connectivity index (χ3n) is 3.38. The monoisotopic (exact) mass is 316 g/mol. The SMILES string of the molecule is CC1CCCC(CBr)(NC(=O)c2cncs2)C1. The summed E-state index contributed by atoms with van der Waals surface area (Å²) in [7, 11) is 0. The molecule has 2 unspecified atom stereocenters. The van der Waals surface area contributed by atoms with Gasteiger partial charge in [0.25, 0.3) is 5.91 Å². The molecule has 1 amide bonds. The summed E-state index contributed by atoms with van der Waals surface area (Å²) in [6, 6.07) is 0. The molecule has 1 aromatic rings. The van der Waals surface area contributed by atoms with E-state index in [-0.39, 0.29) is 11.4 Å². The summed E-state index contributed by atoms with van der Waals surface area (Å²) in [6.07, 6.45) is 6.21. The molecule has 0 radical (unpaired) electrons. The van der Waals surface area contributed by atoms with Crippen molar-refractivity contribution in [1.29, 1.82) is 0 Å². The number of alkyl halides is 1. The Kier molecular flexibility index (Phi) is 4.20. The highest BCUT2D eigenvalue weighted by molar-refractivity contribution is 9.09. The van der Waals surface area contributed by atoms with E-state index in [4.69, 9.17) is 0 Å². The van der Waals surface area contributed by atoms with Crippen molar-refractivity contribution < 1.29 is 4.79 Å². The number of nitrogens with zero attached hydrogens (tertiary/aromatic N) is 1. The van der Waals surface area contributed by atoms with Gasteiger partial charge in [-0.25, -0.2) is 0 Å². The normalized spacial score (nSPS) is 28.9. The molecule has 2 rings (SSSR count). The third kappa shape index (κ3) is 3.07. The van der Waals surface area contributed by atoms with E-state index in [2.05, 4.69) is 33.2 Å². The minimum absolute atomic E-state index is 0.0149. The molecule has 0 bridgehead atoms. The van der Waals surface area contributed by atoms with Crippen LogP contribution in [-0.2, 0) is 0 Å². The number of hydrogen-bond donors (Lipinski definition) is 1. The maximum Gasteiger partial charge on any atom is 0.263 e. The maximum absolute atomic E-state index is 12.1. The molecule has 3 nitrogen and oxygen atoms in total. The molecule has 1 N–H and O–H groups in total. The largest absolute Gasteiger partial charge is 0.345 e. The zero-order chi connectivity index (χ0) is 12.3. The first-order valence-electron chi connectivity index (χ1n) is 5.92. The molecule has 17 heavy (non-hydrogen) atoms. The molecule has 1 fully saturated rings. The van der Waals surface area contributed by atoms with Crippen molar-refractivity contribution in [3.05, 3.63) is 16.6 Å². The highest BCUT2D eigenvalue weighted by Gasteiger charge is 2.35. The maximum atomic E-state index is 12.1. The molecule has 2 atom stereocenters. The number of halogens is 1. The molecule has 1 aromatic heterocycles. The van der Waals surface area contributed by atoms with Crippen molar-refractivity contribution in [2.75, 3.05) is 5.33 Å². The highest BCUT2D eigenvalue weighted by Crippen LogP contribution is 2.33. The Balaban J connectivity index is 2.06. The van der Waals surface area contributed by atoms with Crippen LogP contribution in [0.1, 0.15) is 42.3 Å². The second-order valence-corrected chi connectivity index (χ2v) is 6.38. The molecular formula is C12H17BrN2OS. The van der Waals surface area contributed by atoms with Crippen molar-refractivity contribution in [3.63, 3.8) is 0 Å². The van der Waals surface area contributed by atoms with E-state index in [1.807, 2.05) is 0 Å². The average molecular weight is 317 g/mol. The number of aromatic nitrogens is 1. The van der Waals surface area contributed by atoms with Crippen LogP contribution in [0.4, 0.5) is 0 Å². The van der Waals surface area contributed by atoms with Crippen LogP contribution in [0.3, 0.4) is 0 Å². The zero-order valence-corrected chi connectivity index (χ0v) is 12.3. The summed E-state index contributed by atoms with van der Waals surface area (Å²) >= 11 is 4.95. The average Bonchev–Trinajstić information content (AvgIpc) is 2.82. The summed E-state index contributed by atoms with van der Waals surface area (Å²) in [6.45, 7) is 2.26. The van der Waals surface area contributed by atoms with E-state index < -0.39 is 0 Å². The van der Waals surface area contributed by atoms with Crippen LogP contribution in [0.15, 0.2) is 11.7 Å². The molecule has 1 saturated carbocycles. The number of carbonyl (C=O) groups excluding carboxylic acids is 1. The Morgan fingerprint density at radius 2 is 2.59 bits per heavy atom. The minimum Gasteiger partial charge on any atom is -0.345 e. The van der Waals surface area contributed by atoms with Crippen LogP contribution in [0, 0.1) is 5.92 Å². The Labute approximate surface area is 114 Å². The molecule has 0 saturated heterocycles. The predicted octanol–water partition coefficient (Wildman–Crippen LogP) is 3.22. The van der Waals surface area contributed by atoms with E-state index in [0.717, 1.165) is 18.2 Å². The summed E-state index contributed by atoms with van der Waals surface area (Å²) in [5.41, 5.74) is 1.62. The van der Waals surface area contributed by atoms with Gasteiger partial charge in [0.05, 0.1) is 17.2 Å². The topological polar surface area (TPSA) is 42.0 Å². The summed E-state index contributed by atoms with van der Waals surface area (Å²) in [5, 5.41) is 4.03. The van der Waals surface area contributed by atoms with Gasteiger partial charge in [-0.15, -0.1) is 11.3 Å². The van der Waals surface area contributed by atoms with Crippen LogP contribution < -0.4 is 5.32 Å². The van der Waals surface area contributed by atoms with E-state index in [0.29, 0.717) is 10.8 Å². The van der Waals surface area contributed by atoms with Gasteiger partial charge in [0.2, 0.25) is 0 Å². The van der Waals surface area contributed by atoms with Crippen molar-refractivity contribution in [1.82, 2.24) is 10.3 Å². The molecule has 1 aliphatic carbocycles. The number of carbonyl (C=O) groups is 1. The van der Waals surface area contributed by atoms with Gasteiger partial charge >= 0.3 is 0 Å². The summed E-state index contributed by atoms with van der Waals surface area (Å²) in [5.74, 6) is 0.698. The quantitative estimate of drug-likeness (QED) is 0.870. The van der Waals surface area contributed by atoms with E-state index in [9.17, 15) is 4.79 Å². The number of rotatable bonds is 3. The Morgan fingerprint density at radius 3 is 3.18 bits per heavy atom. The molecule has 1 heterocycles. The lowest BCUT2D eigenvalue weighted by Crippen LogP contribution is -2.52. The van der Waals surface area contributed by atoms with Gasteiger partial charge in [-0.1, -0.05) is 35.7 Å². The van der Waals surface area contributed by atoms with Gasteiger partial charge < -0.3 is 5.32 Å². The third-order valence-corrected chi connectivity index (χ3v) is 5.23. The molecule has 0 spiro atoms. The minimum atomic E-state index is -0.0707. The second kappa shape index (κ2) is 5.48. The van der Waals surface area contributed by atoms with Crippen LogP contribution in [-0.4, -0.2) is 21.8 Å². The Hall–Kier alpha value is -0.420. The molecule has 5 heteroatoms. The van der Waals surface area contributed by atoms with Gasteiger partial charge in [-0.3, -0.25) is 9.78 Å². The molecule has 94 valence electrons. The Morgan fingerprint density at radius 1 is 1.76 bits per heavy atom. The van der Waals surface area contributed by atoms with E-state index >= 15 is 0 Å². The van der Waals surface area contributed by atoms with Crippen LogP contribution in [0.5, 0.6) is 0 Å². The molecule has 0 aliphatic heterocycles. The number of amides is 1. The molecule has 0 aromatic carbocycles. The fourth-order valence-electron chi connectivity index (χ4n) is 2.56. The summed E-state index contributed by atoms with van der Waals surface area (Å²) < 4.78 is 0. The van der Waals surface area contributed by atoms with E-state index in [1.165, 1.54) is 24.2 Å². The van der Waals surface area contributed by atoms with Crippen molar-refractivity contribution in [2.45, 2.75) is 38.1 Å². The highest BCUT2D eigenvalue weighted by atomic mass is 79.9.